The summed E-state index contributed by atoms with van der Waals surface area (Å²) in [7, 11) is 2.18. The van der Waals surface area contributed by atoms with Crippen molar-refractivity contribution >= 4 is 23.8 Å². The molecule has 0 aromatic heterocycles. The predicted molar refractivity (Wildman–Crippen MR) is 142 cm³/mol. The van der Waals surface area contributed by atoms with Crippen LogP contribution in [0.25, 0.3) is 0 Å². The Balaban J connectivity index is 0.000000243. The number of aliphatic hydroxyl groups is 1. The summed E-state index contributed by atoms with van der Waals surface area (Å²) in [6, 6.07) is 8.75. The summed E-state index contributed by atoms with van der Waals surface area (Å²) < 4.78 is 5.82. The van der Waals surface area contributed by atoms with Gasteiger partial charge in [-0.05, 0) is 79.4 Å². The molecule has 6 rings (SSSR count). The second kappa shape index (κ2) is 12.1. The number of piperazine rings is 1. The highest BCUT2D eigenvalue weighted by molar-refractivity contribution is 5.88. The molecule has 5 fully saturated rings. The Morgan fingerprint density at radius 1 is 0.900 bits per heavy atom. The van der Waals surface area contributed by atoms with Crippen molar-refractivity contribution < 1.29 is 49.2 Å². The molecule has 5 N–H and O–H groups in total. The van der Waals surface area contributed by atoms with Crippen LogP contribution in [-0.2, 0) is 24.6 Å². The number of carboxylic acid groups (broad SMARTS) is 3. The third-order valence-electron chi connectivity index (χ3n) is 9.12. The topological polar surface area (TPSA) is 166 Å². The van der Waals surface area contributed by atoms with E-state index in [0.717, 1.165) is 49.7 Å². The van der Waals surface area contributed by atoms with Gasteiger partial charge in [-0.15, -0.1) is 0 Å². The Hall–Kier alpha value is -3.18. The summed E-state index contributed by atoms with van der Waals surface area (Å²) in [5.41, 5.74) is -0.787. The fraction of sp³-hybridized carbons (Fsp3) is 0.655. The molecule has 1 heterocycles. The first-order valence-electron chi connectivity index (χ1n) is 14.1. The van der Waals surface area contributed by atoms with Gasteiger partial charge in [-0.2, -0.15) is 0 Å². The van der Waals surface area contributed by atoms with Crippen molar-refractivity contribution in [3.8, 4) is 5.75 Å². The molecule has 4 aliphatic carbocycles. The lowest BCUT2D eigenvalue weighted by molar-refractivity contribution is -0.883. The van der Waals surface area contributed by atoms with E-state index in [1.165, 1.54) is 49.0 Å². The maximum absolute atomic E-state index is 12.4. The molecule has 1 amide bonds. The van der Waals surface area contributed by atoms with Crippen molar-refractivity contribution in [3.05, 3.63) is 29.8 Å². The van der Waals surface area contributed by atoms with Crippen LogP contribution in [0, 0.1) is 17.8 Å². The zero-order chi connectivity index (χ0) is 29.1. The van der Waals surface area contributed by atoms with E-state index >= 15 is 0 Å². The number of carbonyl (C=O) groups excluding carboxylic acids is 1. The van der Waals surface area contributed by atoms with E-state index in [-0.39, 0.29) is 12.5 Å². The van der Waals surface area contributed by atoms with E-state index in [9.17, 15) is 19.2 Å². The first-order chi connectivity index (χ1) is 18.9. The van der Waals surface area contributed by atoms with Crippen molar-refractivity contribution in [2.75, 3.05) is 39.8 Å². The van der Waals surface area contributed by atoms with Gasteiger partial charge in [0, 0.05) is 0 Å². The molecule has 1 aromatic carbocycles. The first-order valence-corrected chi connectivity index (χ1v) is 14.1. The Morgan fingerprint density at radius 3 is 1.80 bits per heavy atom. The van der Waals surface area contributed by atoms with Crippen LogP contribution >= 0.6 is 0 Å². The molecule has 40 heavy (non-hydrogen) atoms. The van der Waals surface area contributed by atoms with E-state index in [4.69, 9.17) is 25.2 Å². The molecular weight excluding hydrogens is 520 g/mol. The molecule has 11 heteroatoms. The molecule has 0 unspecified atom stereocenters. The number of hydrogen-bond donors (Lipinski definition) is 5. The Labute approximate surface area is 233 Å². The second-order valence-electron chi connectivity index (χ2n) is 12.3. The minimum absolute atomic E-state index is 0.118. The summed E-state index contributed by atoms with van der Waals surface area (Å²) in [5, 5.41) is 33.8. The lowest BCUT2D eigenvalue weighted by Crippen LogP contribution is -3.12. The van der Waals surface area contributed by atoms with Gasteiger partial charge in [0.05, 0.1) is 46.1 Å². The number of benzene rings is 1. The number of rotatable bonds is 9. The molecule has 1 saturated heterocycles. The number of likely N-dealkylation sites (N-methyl/N-ethyl adjacent to an activating group) is 1. The standard InChI is InChI=1S/C23H32N2O2.C6H8O7/c1-24-6-8-25(9-7-24)22(26)16-27-21-4-2-20(3-5-21)23-13-17-10-18(14-23)12-19(11-17)15-23;7-3(8)1-6(13,5(11)12)2-4(9)10/h2-5,17-19H,6-16H2,1H3;13H,1-2H2,(H,7,8)(H,9,10)(H,11,12)/p+1. The molecule has 1 aromatic rings. The quantitative estimate of drug-likeness (QED) is 0.291. The first kappa shape index (κ1) is 29.8. The number of carbonyl (C=O) groups is 4. The molecule has 5 aliphatic rings. The van der Waals surface area contributed by atoms with E-state index < -0.39 is 36.4 Å². The number of carboxylic acids is 3. The van der Waals surface area contributed by atoms with Gasteiger partial charge in [-0.1, -0.05) is 12.1 Å². The molecule has 4 bridgehead atoms. The van der Waals surface area contributed by atoms with Gasteiger partial charge in [0.25, 0.3) is 5.91 Å². The number of amides is 1. The largest absolute Gasteiger partial charge is 0.484 e. The summed E-state index contributed by atoms with van der Waals surface area (Å²) in [5.74, 6) is -1.17. The van der Waals surface area contributed by atoms with E-state index in [1.807, 2.05) is 4.90 Å². The third kappa shape index (κ3) is 7.11. The Morgan fingerprint density at radius 2 is 1.38 bits per heavy atom. The number of nitrogens with zero attached hydrogens (tertiary/aromatic N) is 1. The Kier molecular flexibility index (Phi) is 9.04. The van der Waals surface area contributed by atoms with Gasteiger partial charge in [-0.3, -0.25) is 14.4 Å². The highest BCUT2D eigenvalue weighted by Gasteiger charge is 2.51. The predicted octanol–water partition coefficient (Wildman–Crippen LogP) is 0.642. The maximum atomic E-state index is 12.4. The van der Waals surface area contributed by atoms with Crippen LogP contribution in [0.15, 0.2) is 24.3 Å². The van der Waals surface area contributed by atoms with Gasteiger partial charge in [0.2, 0.25) is 0 Å². The van der Waals surface area contributed by atoms with Gasteiger partial charge in [0.1, 0.15) is 5.75 Å². The lowest BCUT2D eigenvalue weighted by Gasteiger charge is -2.57. The van der Waals surface area contributed by atoms with Crippen LogP contribution in [-0.4, -0.2) is 94.6 Å². The molecule has 1 aliphatic heterocycles. The fourth-order valence-electron chi connectivity index (χ4n) is 7.46. The van der Waals surface area contributed by atoms with Crippen molar-refractivity contribution in [2.24, 2.45) is 17.8 Å². The number of nitrogens with one attached hydrogen (secondary N) is 1. The summed E-state index contributed by atoms with van der Waals surface area (Å²) in [6.45, 7) is 3.92. The molecular formula is C29H41N2O9+. The van der Waals surface area contributed by atoms with Gasteiger partial charge < -0.3 is 35.0 Å². The minimum atomic E-state index is -2.74. The normalized spacial score (nSPS) is 27.4. The van der Waals surface area contributed by atoms with Crippen molar-refractivity contribution in [1.82, 2.24) is 4.90 Å². The van der Waals surface area contributed by atoms with Crippen LogP contribution in [0.2, 0.25) is 0 Å². The molecule has 0 spiro atoms. The van der Waals surface area contributed by atoms with Crippen LogP contribution in [0.1, 0.15) is 56.9 Å². The number of ether oxygens (including phenoxy) is 1. The average Bonchev–Trinajstić information content (AvgIpc) is 2.86. The van der Waals surface area contributed by atoms with Crippen LogP contribution in [0.3, 0.4) is 0 Å². The van der Waals surface area contributed by atoms with Crippen LogP contribution in [0.4, 0.5) is 0 Å². The fourth-order valence-corrected chi connectivity index (χ4v) is 7.46. The monoisotopic (exact) mass is 561 g/mol. The molecule has 220 valence electrons. The van der Waals surface area contributed by atoms with Gasteiger partial charge in [-0.25, -0.2) is 4.79 Å². The average molecular weight is 562 g/mol. The van der Waals surface area contributed by atoms with Gasteiger partial charge >= 0.3 is 17.9 Å². The summed E-state index contributed by atoms with van der Waals surface area (Å²) >= 11 is 0. The maximum Gasteiger partial charge on any atom is 0.336 e. The molecule has 0 atom stereocenters. The smallest absolute Gasteiger partial charge is 0.336 e. The number of quaternary nitrogens is 1. The number of hydrogen-bond acceptors (Lipinski definition) is 6. The third-order valence-corrected chi connectivity index (χ3v) is 9.12. The Bertz CT molecular complexity index is 1040. The molecule has 11 nitrogen and oxygen atoms in total. The summed E-state index contributed by atoms with van der Waals surface area (Å²) in [4.78, 5) is 46.3. The zero-order valence-electron chi connectivity index (χ0n) is 23.0. The lowest BCUT2D eigenvalue weighted by atomic mass is 9.48. The van der Waals surface area contributed by atoms with E-state index in [1.54, 1.807) is 0 Å². The number of aliphatic carboxylic acids is 3. The van der Waals surface area contributed by atoms with Crippen LogP contribution in [0.5, 0.6) is 5.75 Å². The van der Waals surface area contributed by atoms with Crippen LogP contribution < -0.4 is 9.64 Å². The molecule has 4 saturated carbocycles. The highest BCUT2D eigenvalue weighted by atomic mass is 16.5. The van der Waals surface area contributed by atoms with Crippen molar-refractivity contribution in [3.63, 3.8) is 0 Å². The molecule has 0 radical (unpaired) electrons. The second-order valence-corrected chi connectivity index (χ2v) is 12.3. The SMILES string of the molecule is C[NH+]1CCN(C(=O)COc2ccc(C34CC5CC(CC(C5)C3)C4)cc2)CC1.O=C(O)CC(O)(CC(=O)O)C(=O)O. The van der Waals surface area contributed by atoms with Crippen molar-refractivity contribution in [2.45, 2.75) is 62.4 Å². The van der Waals surface area contributed by atoms with Gasteiger partial charge in [0.15, 0.2) is 12.2 Å². The summed E-state index contributed by atoms with van der Waals surface area (Å²) in [6.07, 6.45) is 6.33. The zero-order valence-corrected chi connectivity index (χ0v) is 23.0. The highest BCUT2D eigenvalue weighted by Crippen LogP contribution is 2.60. The van der Waals surface area contributed by atoms with Crippen molar-refractivity contribution in [1.29, 1.82) is 0 Å². The van der Waals surface area contributed by atoms with E-state index in [0.29, 0.717) is 5.41 Å². The van der Waals surface area contributed by atoms with E-state index in [2.05, 4.69) is 31.3 Å². The minimum Gasteiger partial charge on any atom is -0.484 e.